The first-order chi connectivity index (χ1) is 16.0. The summed E-state index contributed by atoms with van der Waals surface area (Å²) >= 11 is 0. The molecular formula is C27H31N3O3. The van der Waals surface area contributed by atoms with Crippen molar-refractivity contribution in [3.8, 4) is 0 Å². The Morgan fingerprint density at radius 3 is 2.48 bits per heavy atom. The van der Waals surface area contributed by atoms with E-state index in [1.807, 2.05) is 47.4 Å². The number of amides is 4. The number of para-hydroxylation sites is 1. The number of hydrogen-bond acceptors (Lipinski definition) is 3. The van der Waals surface area contributed by atoms with Crippen molar-refractivity contribution in [3.05, 3.63) is 65.2 Å². The van der Waals surface area contributed by atoms with Crippen LogP contribution in [0.2, 0.25) is 0 Å². The first-order valence-corrected chi connectivity index (χ1v) is 12.1. The Morgan fingerprint density at radius 2 is 1.73 bits per heavy atom. The Morgan fingerprint density at radius 1 is 1.00 bits per heavy atom. The number of rotatable bonds is 5. The lowest BCUT2D eigenvalue weighted by Gasteiger charge is -2.35. The second-order valence-corrected chi connectivity index (χ2v) is 9.67. The largest absolute Gasteiger partial charge is 0.325 e. The highest BCUT2D eigenvalue weighted by atomic mass is 16.2. The molecule has 0 bridgehead atoms. The molecule has 172 valence electrons. The number of fused-ring (bicyclic) bond motifs is 1. The Kier molecular flexibility index (Phi) is 5.69. The van der Waals surface area contributed by atoms with E-state index in [0.717, 1.165) is 61.1 Å². The number of imide groups is 1. The summed E-state index contributed by atoms with van der Waals surface area (Å²) in [4.78, 5) is 42.8. The van der Waals surface area contributed by atoms with Crippen LogP contribution in [-0.4, -0.2) is 35.3 Å². The van der Waals surface area contributed by atoms with Gasteiger partial charge in [-0.1, -0.05) is 55.7 Å². The average molecular weight is 446 g/mol. The minimum atomic E-state index is -1.16. The number of nitrogens with one attached hydrogen (secondary N) is 1. The van der Waals surface area contributed by atoms with Crippen molar-refractivity contribution in [3.63, 3.8) is 0 Å². The Bertz CT molecular complexity index is 1080. The number of carbonyl (C=O) groups is 3. The van der Waals surface area contributed by atoms with E-state index < -0.39 is 11.6 Å². The molecule has 1 saturated carbocycles. The molecule has 6 heteroatoms. The molecule has 33 heavy (non-hydrogen) atoms. The second-order valence-electron chi connectivity index (χ2n) is 9.67. The molecule has 0 spiro atoms. The number of anilines is 1. The van der Waals surface area contributed by atoms with Gasteiger partial charge in [-0.25, -0.2) is 4.79 Å². The van der Waals surface area contributed by atoms with E-state index in [2.05, 4.69) is 11.4 Å². The maximum atomic E-state index is 13.5. The van der Waals surface area contributed by atoms with Crippen LogP contribution in [0.5, 0.6) is 0 Å². The second kappa shape index (κ2) is 8.65. The standard InChI is InChI=1S/C27H31N3O3/c1-27(21-16-15-19-9-8-10-20(19)17-21)25(32)29(26(33)28-27)18-24(31)30(22-11-4-2-5-12-22)23-13-6-3-7-14-23/h2,4-5,11-12,15-17,23H,3,6-10,13-14,18H2,1H3,(H,28,33). The minimum Gasteiger partial charge on any atom is -0.319 e. The van der Waals surface area contributed by atoms with Crippen molar-refractivity contribution < 1.29 is 14.4 Å². The molecule has 6 nitrogen and oxygen atoms in total. The van der Waals surface area contributed by atoms with Crippen molar-refractivity contribution in [2.75, 3.05) is 11.4 Å². The van der Waals surface area contributed by atoms with Crippen LogP contribution in [-0.2, 0) is 28.0 Å². The number of benzene rings is 2. The highest BCUT2D eigenvalue weighted by Crippen LogP contribution is 2.33. The van der Waals surface area contributed by atoms with Gasteiger partial charge >= 0.3 is 6.03 Å². The molecule has 0 aromatic heterocycles. The first kappa shape index (κ1) is 21.7. The minimum absolute atomic E-state index is 0.0949. The molecule has 4 amide bonds. The van der Waals surface area contributed by atoms with Crippen LogP contribution >= 0.6 is 0 Å². The van der Waals surface area contributed by atoms with Gasteiger partial charge in [0.25, 0.3) is 5.91 Å². The normalized spacial score (nSPS) is 22.9. The van der Waals surface area contributed by atoms with Gasteiger partial charge in [0.05, 0.1) is 0 Å². The molecule has 1 heterocycles. The molecule has 1 aliphatic heterocycles. The van der Waals surface area contributed by atoms with E-state index in [1.54, 1.807) is 6.92 Å². The van der Waals surface area contributed by atoms with Crippen molar-refractivity contribution in [1.82, 2.24) is 10.2 Å². The number of aryl methyl sites for hydroxylation is 2. The van der Waals surface area contributed by atoms with Gasteiger partial charge in [-0.05, 0) is 67.9 Å². The van der Waals surface area contributed by atoms with Crippen LogP contribution in [0.1, 0.15) is 62.1 Å². The predicted molar refractivity (Wildman–Crippen MR) is 127 cm³/mol. The number of nitrogens with zero attached hydrogens (tertiary/aromatic N) is 2. The zero-order valence-corrected chi connectivity index (χ0v) is 19.2. The van der Waals surface area contributed by atoms with Crippen LogP contribution in [0.15, 0.2) is 48.5 Å². The molecule has 1 N–H and O–H groups in total. The fourth-order valence-electron chi connectivity index (χ4n) is 5.62. The molecule has 1 atom stereocenters. The zero-order chi connectivity index (χ0) is 23.0. The topological polar surface area (TPSA) is 69.7 Å². The van der Waals surface area contributed by atoms with Crippen LogP contribution in [0.4, 0.5) is 10.5 Å². The number of hydrogen-bond donors (Lipinski definition) is 1. The van der Waals surface area contributed by atoms with E-state index in [9.17, 15) is 14.4 Å². The van der Waals surface area contributed by atoms with Crippen LogP contribution < -0.4 is 10.2 Å². The van der Waals surface area contributed by atoms with Gasteiger partial charge < -0.3 is 10.2 Å². The third kappa shape index (κ3) is 3.92. The summed E-state index contributed by atoms with van der Waals surface area (Å²) < 4.78 is 0. The molecule has 2 aliphatic carbocycles. The summed E-state index contributed by atoms with van der Waals surface area (Å²) in [5, 5.41) is 2.87. The van der Waals surface area contributed by atoms with Gasteiger partial charge in [-0.2, -0.15) is 0 Å². The number of carbonyl (C=O) groups excluding carboxylic acids is 3. The molecule has 0 radical (unpaired) electrons. The van der Waals surface area contributed by atoms with Gasteiger partial charge in [0, 0.05) is 11.7 Å². The summed E-state index contributed by atoms with van der Waals surface area (Å²) in [6.45, 7) is 1.49. The lowest BCUT2D eigenvalue weighted by Crippen LogP contribution is -2.48. The summed E-state index contributed by atoms with van der Waals surface area (Å²) in [5.41, 5.74) is 3.01. The molecule has 2 aromatic carbocycles. The highest BCUT2D eigenvalue weighted by Gasteiger charge is 2.50. The lowest BCUT2D eigenvalue weighted by atomic mass is 9.89. The fourth-order valence-corrected chi connectivity index (χ4v) is 5.62. The fraction of sp³-hybridized carbons (Fsp3) is 0.444. The van der Waals surface area contributed by atoms with Crippen molar-refractivity contribution in [2.45, 2.75) is 69.9 Å². The maximum Gasteiger partial charge on any atom is 0.325 e. The average Bonchev–Trinajstić information content (AvgIpc) is 3.39. The van der Waals surface area contributed by atoms with Gasteiger partial charge in [0.15, 0.2) is 0 Å². The van der Waals surface area contributed by atoms with Gasteiger partial charge in [-0.3, -0.25) is 14.5 Å². The van der Waals surface area contributed by atoms with E-state index in [1.165, 1.54) is 17.5 Å². The first-order valence-electron chi connectivity index (χ1n) is 12.1. The molecule has 1 saturated heterocycles. The van der Waals surface area contributed by atoms with Crippen molar-refractivity contribution in [2.24, 2.45) is 0 Å². The SMILES string of the molecule is CC1(c2ccc3c(c2)CCC3)NC(=O)N(CC(=O)N(c2ccccc2)C2CCCCC2)C1=O. The highest BCUT2D eigenvalue weighted by molar-refractivity contribution is 6.10. The zero-order valence-electron chi connectivity index (χ0n) is 19.2. The van der Waals surface area contributed by atoms with Gasteiger partial charge in [0.2, 0.25) is 5.91 Å². The predicted octanol–water partition coefficient (Wildman–Crippen LogP) is 4.31. The van der Waals surface area contributed by atoms with E-state index in [-0.39, 0.29) is 24.4 Å². The molecule has 3 aliphatic rings. The molecular weight excluding hydrogens is 414 g/mol. The van der Waals surface area contributed by atoms with Crippen LogP contribution in [0.3, 0.4) is 0 Å². The monoisotopic (exact) mass is 445 g/mol. The summed E-state index contributed by atoms with van der Waals surface area (Å²) in [6.07, 6.45) is 8.40. The molecule has 5 rings (SSSR count). The molecule has 1 unspecified atom stereocenters. The van der Waals surface area contributed by atoms with Gasteiger partial charge in [0.1, 0.15) is 12.1 Å². The lowest BCUT2D eigenvalue weighted by molar-refractivity contribution is -0.134. The summed E-state index contributed by atoms with van der Waals surface area (Å²) in [5.74, 6) is -0.578. The number of urea groups is 1. The maximum absolute atomic E-state index is 13.5. The molecule has 2 fully saturated rings. The van der Waals surface area contributed by atoms with E-state index in [0.29, 0.717) is 0 Å². The Hall–Kier alpha value is -3.15. The van der Waals surface area contributed by atoms with Crippen molar-refractivity contribution in [1.29, 1.82) is 0 Å². The third-order valence-electron chi connectivity index (χ3n) is 7.49. The third-order valence-corrected chi connectivity index (χ3v) is 7.49. The Labute approximate surface area is 194 Å². The molecule has 2 aromatic rings. The van der Waals surface area contributed by atoms with E-state index in [4.69, 9.17) is 0 Å². The van der Waals surface area contributed by atoms with Crippen LogP contribution in [0, 0.1) is 0 Å². The summed E-state index contributed by atoms with van der Waals surface area (Å²) in [7, 11) is 0. The van der Waals surface area contributed by atoms with E-state index >= 15 is 0 Å². The smallest absolute Gasteiger partial charge is 0.319 e. The van der Waals surface area contributed by atoms with Crippen LogP contribution in [0.25, 0.3) is 0 Å². The van der Waals surface area contributed by atoms with Gasteiger partial charge in [-0.15, -0.1) is 0 Å². The quantitative estimate of drug-likeness (QED) is 0.698. The Balaban J connectivity index is 1.39. The van der Waals surface area contributed by atoms with Crippen molar-refractivity contribution >= 4 is 23.5 Å². The summed E-state index contributed by atoms with van der Waals surface area (Å²) in [6, 6.07) is 15.2.